The number of benzene rings is 2. The van der Waals surface area contributed by atoms with E-state index in [1.165, 1.54) is 24.0 Å². The molecule has 1 saturated carbocycles. The SMILES string of the molecule is C[C@@H]1CC[C@@H](c2nc(Cl)c(-c3ccc(-c4ccc(-c5cnc([C@@H]6C[C@H]7C[C@H]7N6)[nH]5)cc4)cc3)[nH]2)N1. The minimum absolute atomic E-state index is 0.250. The summed E-state index contributed by atoms with van der Waals surface area (Å²) in [6.45, 7) is 2.21. The molecule has 4 aromatic rings. The minimum atomic E-state index is 0.250. The zero-order valence-corrected chi connectivity index (χ0v) is 20.4. The number of H-pyrrole nitrogens is 2. The molecule has 0 unspecified atom stereocenters. The first kappa shape index (κ1) is 21.4. The van der Waals surface area contributed by atoms with Crippen molar-refractivity contribution in [3.05, 3.63) is 71.5 Å². The van der Waals surface area contributed by atoms with Gasteiger partial charge in [-0.3, -0.25) is 0 Å². The lowest BCUT2D eigenvalue weighted by Gasteiger charge is -2.09. The van der Waals surface area contributed by atoms with E-state index in [9.17, 15) is 0 Å². The molecule has 0 bridgehead atoms. The third kappa shape index (κ3) is 3.99. The third-order valence-corrected chi connectivity index (χ3v) is 8.16. The summed E-state index contributed by atoms with van der Waals surface area (Å²) in [6.07, 6.45) is 6.73. The highest BCUT2D eigenvalue weighted by Gasteiger charge is 2.46. The van der Waals surface area contributed by atoms with Crippen molar-refractivity contribution in [2.75, 3.05) is 0 Å². The number of aromatic nitrogens is 4. The van der Waals surface area contributed by atoms with Gasteiger partial charge in [0.25, 0.3) is 0 Å². The van der Waals surface area contributed by atoms with Crippen molar-refractivity contribution in [2.45, 2.75) is 56.8 Å². The van der Waals surface area contributed by atoms with Gasteiger partial charge in [0.15, 0.2) is 5.15 Å². The summed E-state index contributed by atoms with van der Waals surface area (Å²) in [5, 5.41) is 7.76. The summed E-state index contributed by atoms with van der Waals surface area (Å²) in [7, 11) is 0. The molecule has 0 amide bonds. The van der Waals surface area contributed by atoms with E-state index in [0.29, 0.717) is 17.2 Å². The Kier molecular flexibility index (Phi) is 5.08. The van der Waals surface area contributed by atoms with Gasteiger partial charge >= 0.3 is 0 Å². The monoisotopic (exact) mass is 484 g/mol. The molecule has 2 aromatic heterocycles. The van der Waals surface area contributed by atoms with Crippen LogP contribution < -0.4 is 10.6 Å². The van der Waals surface area contributed by atoms with E-state index in [0.717, 1.165) is 59.0 Å². The van der Waals surface area contributed by atoms with Crippen LogP contribution in [0.25, 0.3) is 33.6 Å². The largest absolute Gasteiger partial charge is 0.341 e. The molecule has 0 spiro atoms. The van der Waals surface area contributed by atoms with Crippen LogP contribution in [0, 0.1) is 5.92 Å². The fourth-order valence-electron chi connectivity index (χ4n) is 5.73. The van der Waals surface area contributed by atoms with Gasteiger partial charge in [-0.05, 0) is 55.2 Å². The maximum absolute atomic E-state index is 6.50. The van der Waals surface area contributed by atoms with E-state index >= 15 is 0 Å². The Bertz CT molecular complexity index is 1350. The molecule has 4 heterocycles. The topological polar surface area (TPSA) is 81.4 Å². The molecule has 7 heteroatoms. The summed E-state index contributed by atoms with van der Waals surface area (Å²) in [4.78, 5) is 16.2. The minimum Gasteiger partial charge on any atom is -0.341 e. The maximum atomic E-state index is 6.50. The highest BCUT2D eigenvalue weighted by molar-refractivity contribution is 6.31. The van der Waals surface area contributed by atoms with Crippen LogP contribution in [0.1, 0.15) is 56.3 Å². The first-order valence-electron chi connectivity index (χ1n) is 12.6. The van der Waals surface area contributed by atoms with Crippen LogP contribution in [-0.4, -0.2) is 32.0 Å². The molecule has 3 fully saturated rings. The van der Waals surface area contributed by atoms with E-state index in [-0.39, 0.29) is 6.04 Å². The van der Waals surface area contributed by atoms with Gasteiger partial charge in [-0.15, -0.1) is 0 Å². The maximum Gasteiger partial charge on any atom is 0.155 e. The number of fused-ring (bicyclic) bond motifs is 1. The molecule has 2 aliphatic heterocycles. The van der Waals surface area contributed by atoms with E-state index in [4.69, 9.17) is 11.6 Å². The molecule has 2 saturated heterocycles. The van der Waals surface area contributed by atoms with Crippen molar-refractivity contribution >= 4 is 11.6 Å². The molecule has 0 radical (unpaired) electrons. The van der Waals surface area contributed by atoms with Crippen LogP contribution in [0.3, 0.4) is 0 Å². The average molecular weight is 485 g/mol. The number of rotatable bonds is 5. The van der Waals surface area contributed by atoms with E-state index in [2.05, 4.69) is 86.0 Å². The summed E-state index contributed by atoms with van der Waals surface area (Å²) in [6, 6.07) is 19.0. The number of piperidine rings is 1. The molecule has 5 atom stereocenters. The Hall–Kier alpha value is -2.93. The number of nitrogens with zero attached hydrogens (tertiary/aromatic N) is 2. The van der Waals surface area contributed by atoms with Gasteiger partial charge in [-0.2, -0.15) is 0 Å². The number of hydrogen-bond donors (Lipinski definition) is 4. The molecule has 7 rings (SSSR count). The molecule has 35 heavy (non-hydrogen) atoms. The Morgan fingerprint density at radius 3 is 2.14 bits per heavy atom. The summed E-state index contributed by atoms with van der Waals surface area (Å²) < 4.78 is 0. The Balaban J connectivity index is 1.07. The Labute approximate surface area is 209 Å². The smallest absolute Gasteiger partial charge is 0.155 e. The van der Waals surface area contributed by atoms with Crippen LogP contribution in [0.4, 0.5) is 0 Å². The van der Waals surface area contributed by atoms with Gasteiger partial charge in [0, 0.05) is 17.6 Å². The normalized spacial score (nSPS) is 27.3. The van der Waals surface area contributed by atoms with Crippen molar-refractivity contribution < 1.29 is 0 Å². The number of aromatic amines is 2. The quantitative estimate of drug-likeness (QED) is 0.279. The number of halogens is 1. The molecule has 1 aliphatic carbocycles. The second-order valence-electron chi connectivity index (χ2n) is 10.4. The second kappa shape index (κ2) is 8.33. The molecule has 2 aromatic carbocycles. The lowest BCUT2D eigenvalue weighted by Crippen LogP contribution is -2.21. The van der Waals surface area contributed by atoms with Crippen molar-refractivity contribution in [1.29, 1.82) is 0 Å². The summed E-state index contributed by atoms with van der Waals surface area (Å²) in [5.41, 5.74) is 6.50. The van der Waals surface area contributed by atoms with Crippen molar-refractivity contribution in [2.24, 2.45) is 5.92 Å². The van der Waals surface area contributed by atoms with E-state index in [1.54, 1.807) is 0 Å². The molecule has 3 aliphatic rings. The van der Waals surface area contributed by atoms with Crippen LogP contribution >= 0.6 is 11.6 Å². The highest BCUT2D eigenvalue weighted by atomic mass is 35.5. The van der Waals surface area contributed by atoms with E-state index < -0.39 is 0 Å². The van der Waals surface area contributed by atoms with E-state index in [1.807, 2.05) is 6.20 Å². The molecular weight excluding hydrogens is 456 g/mol. The standard InChI is InChI=1S/C28H29ClN6/c1-15-2-11-21(31-15)28-34-25(26(29)35-28)19-9-5-17(6-10-19)16-3-7-18(8-4-16)24-14-30-27(33-24)23-13-20-12-22(20)32-23/h3-10,14-15,20-23,31-32H,2,11-13H2,1H3,(H,30,33)(H,34,35)/t15-,20-,21+,22-,23+/m1/s1. The molecule has 178 valence electrons. The van der Waals surface area contributed by atoms with Crippen molar-refractivity contribution in [3.8, 4) is 33.6 Å². The predicted octanol–water partition coefficient (Wildman–Crippen LogP) is 6.02. The molecular formula is C28H29ClN6. The zero-order valence-electron chi connectivity index (χ0n) is 19.7. The zero-order chi connectivity index (χ0) is 23.5. The second-order valence-corrected chi connectivity index (χ2v) is 10.7. The highest BCUT2D eigenvalue weighted by Crippen LogP contribution is 2.45. The van der Waals surface area contributed by atoms with Gasteiger partial charge < -0.3 is 20.6 Å². The third-order valence-electron chi connectivity index (χ3n) is 7.89. The first-order chi connectivity index (χ1) is 17.1. The predicted molar refractivity (Wildman–Crippen MR) is 139 cm³/mol. The van der Waals surface area contributed by atoms with Crippen LogP contribution in [-0.2, 0) is 0 Å². The lowest BCUT2D eigenvalue weighted by molar-refractivity contribution is 0.543. The number of imidazole rings is 2. The first-order valence-corrected chi connectivity index (χ1v) is 13.0. The summed E-state index contributed by atoms with van der Waals surface area (Å²) in [5.74, 6) is 2.85. The lowest BCUT2D eigenvalue weighted by atomic mass is 10.0. The Morgan fingerprint density at radius 2 is 1.49 bits per heavy atom. The van der Waals surface area contributed by atoms with Gasteiger partial charge in [-0.1, -0.05) is 60.1 Å². The van der Waals surface area contributed by atoms with Gasteiger partial charge in [-0.25, -0.2) is 9.97 Å². The van der Waals surface area contributed by atoms with Gasteiger partial charge in [0.2, 0.25) is 0 Å². The Morgan fingerprint density at radius 1 is 0.771 bits per heavy atom. The van der Waals surface area contributed by atoms with Crippen LogP contribution in [0.5, 0.6) is 0 Å². The number of nitrogens with one attached hydrogen (secondary N) is 4. The van der Waals surface area contributed by atoms with Crippen LogP contribution in [0.2, 0.25) is 5.15 Å². The fraction of sp³-hybridized carbons (Fsp3) is 0.357. The molecule has 6 nitrogen and oxygen atoms in total. The van der Waals surface area contributed by atoms with Gasteiger partial charge in [0.05, 0.1) is 29.7 Å². The van der Waals surface area contributed by atoms with Crippen molar-refractivity contribution in [1.82, 2.24) is 30.6 Å². The fourth-order valence-corrected chi connectivity index (χ4v) is 5.98. The average Bonchev–Trinajstić information content (AvgIpc) is 3.39. The van der Waals surface area contributed by atoms with Crippen molar-refractivity contribution in [3.63, 3.8) is 0 Å². The summed E-state index contributed by atoms with van der Waals surface area (Å²) >= 11 is 6.50. The number of hydrogen-bond acceptors (Lipinski definition) is 4. The van der Waals surface area contributed by atoms with Crippen LogP contribution in [0.15, 0.2) is 54.7 Å². The molecule has 4 N–H and O–H groups in total. The van der Waals surface area contributed by atoms with Gasteiger partial charge in [0.1, 0.15) is 11.6 Å².